The quantitative estimate of drug-likeness (QED) is 0.927. The maximum absolute atomic E-state index is 13.5. The van der Waals surface area contributed by atoms with Crippen molar-refractivity contribution >= 4 is 11.3 Å². The zero-order chi connectivity index (χ0) is 13.1. The average molecular weight is 269 g/mol. The summed E-state index contributed by atoms with van der Waals surface area (Å²) >= 11 is 1.19. The summed E-state index contributed by atoms with van der Waals surface area (Å²) in [5.41, 5.74) is -0.106. The molecule has 0 bridgehead atoms. The number of rotatable bonds is 4. The van der Waals surface area contributed by atoms with Crippen LogP contribution in [-0.4, -0.2) is 16.2 Å². The van der Waals surface area contributed by atoms with Crippen LogP contribution in [0.15, 0.2) is 18.2 Å². The summed E-state index contributed by atoms with van der Waals surface area (Å²) in [7, 11) is 0. The van der Waals surface area contributed by atoms with Crippen molar-refractivity contribution in [3.05, 3.63) is 34.8 Å². The second-order valence-electron chi connectivity index (χ2n) is 4.13. The Bertz CT molecular complexity index is 520. The Morgan fingerprint density at radius 2 is 1.89 bits per heavy atom. The SMILES string of the molecule is CC(C)NCc1nnc(-c2c(F)cccc2F)s1. The van der Waals surface area contributed by atoms with Gasteiger partial charge in [-0.2, -0.15) is 0 Å². The van der Waals surface area contributed by atoms with Crippen molar-refractivity contribution in [3.63, 3.8) is 0 Å². The van der Waals surface area contributed by atoms with Crippen LogP contribution in [0, 0.1) is 11.6 Å². The van der Waals surface area contributed by atoms with E-state index in [4.69, 9.17) is 0 Å². The molecular weight excluding hydrogens is 256 g/mol. The Labute approximate surface area is 108 Å². The van der Waals surface area contributed by atoms with E-state index < -0.39 is 11.6 Å². The molecule has 6 heteroatoms. The highest BCUT2D eigenvalue weighted by atomic mass is 32.1. The molecule has 0 atom stereocenters. The summed E-state index contributed by atoms with van der Waals surface area (Å²) in [4.78, 5) is 0. The van der Waals surface area contributed by atoms with E-state index in [0.29, 0.717) is 17.6 Å². The summed E-state index contributed by atoms with van der Waals surface area (Å²) in [6, 6.07) is 4.08. The van der Waals surface area contributed by atoms with Gasteiger partial charge in [0.25, 0.3) is 0 Å². The molecule has 0 radical (unpaired) electrons. The van der Waals surface area contributed by atoms with E-state index >= 15 is 0 Å². The molecule has 96 valence electrons. The lowest BCUT2D eigenvalue weighted by molar-refractivity contribution is 0.584. The molecule has 0 saturated heterocycles. The van der Waals surface area contributed by atoms with Gasteiger partial charge in [0.05, 0.1) is 5.56 Å². The topological polar surface area (TPSA) is 37.8 Å². The van der Waals surface area contributed by atoms with E-state index in [0.717, 1.165) is 0 Å². The average Bonchev–Trinajstić information content (AvgIpc) is 2.75. The predicted molar refractivity (Wildman–Crippen MR) is 67.2 cm³/mol. The number of nitrogens with one attached hydrogen (secondary N) is 1. The molecule has 1 aromatic heterocycles. The van der Waals surface area contributed by atoms with Gasteiger partial charge < -0.3 is 5.32 Å². The lowest BCUT2D eigenvalue weighted by atomic mass is 10.2. The van der Waals surface area contributed by atoms with Crippen LogP contribution < -0.4 is 5.32 Å². The number of aromatic nitrogens is 2. The molecule has 0 fully saturated rings. The van der Waals surface area contributed by atoms with Crippen LogP contribution in [0.25, 0.3) is 10.6 Å². The van der Waals surface area contributed by atoms with Crippen LogP contribution >= 0.6 is 11.3 Å². The van der Waals surface area contributed by atoms with E-state index in [2.05, 4.69) is 15.5 Å². The van der Waals surface area contributed by atoms with Gasteiger partial charge in [-0.1, -0.05) is 31.3 Å². The Kier molecular flexibility index (Phi) is 3.98. The Hall–Kier alpha value is -1.40. The first-order valence-electron chi connectivity index (χ1n) is 5.58. The lowest BCUT2D eigenvalue weighted by Gasteiger charge is -2.03. The van der Waals surface area contributed by atoms with Crippen molar-refractivity contribution in [2.24, 2.45) is 0 Å². The molecule has 3 nitrogen and oxygen atoms in total. The molecule has 0 aliphatic carbocycles. The number of halogens is 2. The fourth-order valence-corrected chi connectivity index (χ4v) is 2.26. The molecule has 0 saturated carbocycles. The molecule has 2 aromatic rings. The van der Waals surface area contributed by atoms with E-state index in [9.17, 15) is 8.78 Å². The second-order valence-corrected chi connectivity index (χ2v) is 5.20. The molecule has 1 heterocycles. The summed E-state index contributed by atoms with van der Waals surface area (Å²) in [5, 5.41) is 11.9. The number of nitrogens with zero attached hydrogens (tertiary/aromatic N) is 2. The predicted octanol–water partition coefficient (Wildman–Crippen LogP) is 2.98. The maximum atomic E-state index is 13.5. The van der Waals surface area contributed by atoms with Gasteiger partial charge in [-0.15, -0.1) is 10.2 Å². The highest BCUT2D eigenvalue weighted by Crippen LogP contribution is 2.28. The minimum absolute atomic E-state index is 0.106. The van der Waals surface area contributed by atoms with Crippen molar-refractivity contribution in [1.82, 2.24) is 15.5 Å². The first-order chi connectivity index (χ1) is 8.58. The van der Waals surface area contributed by atoms with Crippen LogP contribution in [0.2, 0.25) is 0 Å². The highest BCUT2D eigenvalue weighted by Gasteiger charge is 2.15. The summed E-state index contributed by atoms with van der Waals surface area (Å²) < 4.78 is 27.1. The fraction of sp³-hybridized carbons (Fsp3) is 0.333. The number of hydrogen-bond donors (Lipinski definition) is 1. The molecule has 1 N–H and O–H groups in total. The smallest absolute Gasteiger partial charge is 0.153 e. The van der Waals surface area contributed by atoms with Gasteiger partial charge in [0.15, 0.2) is 5.01 Å². The third-order valence-electron chi connectivity index (χ3n) is 2.31. The van der Waals surface area contributed by atoms with E-state index in [1.54, 1.807) is 0 Å². The zero-order valence-corrected chi connectivity index (χ0v) is 10.9. The third kappa shape index (κ3) is 2.88. The highest BCUT2D eigenvalue weighted by molar-refractivity contribution is 7.14. The molecule has 0 spiro atoms. The Balaban J connectivity index is 2.24. The van der Waals surface area contributed by atoms with Gasteiger partial charge in [-0.05, 0) is 12.1 Å². The van der Waals surface area contributed by atoms with Crippen LogP contribution in [-0.2, 0) is 6.54 Å². The van der Waals surface area contributed by atoms with Crippen LogP contribution in [0.1, 0.15) is 18.9 Å². The van der Waals surface area contributed by atoms with Gasteiger partial charge in [0.1, 0.15) is 16.6 Å². The first kappa shape index (κ1) is 13.0. The van der Waals surface area contributed by atoms with E-state index in [-0.39, 0.29) is 10.6 Å². The van der Waals surface area contributed by atoms with Crippen molar-refractivity contribution < 1.29 is 8.78 Å². The molecule has 0 aliphatic rings. The second kappa shape index (κ2) is 5.49. The molecule has 0 amide bonds. The Morgan fingerprint density at radius 3 is 2.50 bits per heavy atom. The van der Waals surface area contributed by atoms with Crippen molar-refractivity contribution in [1.29, 1.82) is 0 Å². The molecule has 18 heavy (non-hydrogen) atoms. The monoisotopic (exact) mass is 269 g/mol. The van der Waals surface area contributed by atoms with E-state index in [1.807, 2.05) is 13.8 Å². The third-order valence-corrected chi connectivity index (χ3v) is 3.25. The van der Waals surface area contributed by atoms with Gasteiger partial charge in [0.2, 0.25) is 0 Å². The zero-order valence-electron chi connectivity index (χ0n) is 10.1. The molecular formula is C12H13F2N3S. The Morgan fingerprint density at radius 1 is 1.22 bits per heavy atom. The van der Waals surface area contributed by atoms with Crippen molar-refractivity contribution in [2.75, 3.05) is 0 Å². The summed E-state index contributed by atoms with van der Waals surface area (Å²) in [6.45, 7) is 4.57. The standard InChI is InChI=1S/C12H13F2N3S/c1-7(2)15-6-10-16-17-12(18-10)11-8(13)4-3-5-9(11)14/h3-5,7,15H,6H2,1-2H3. The van der Waals surface area contributed by atoms with Gasteiger partial charge >= 0.3 is 0 Å². The van der Waals surface area contributed by atoms with Crippen LogP contribution in [0.4, 0.5) is 8.78 Å². The van der Waals surface area contributed by atoms with Gasteiger partial charge in [-0.3, -0.25) is 0 Å². The lowest BCUT2D eigenvalue weighted by Crippen LogP contribution is -2.21. The van der Waals surface area contributed by atoms with Crippen LogP contribution in [0.3, 0.4) is 0 Å². The normalized spacial score (nSPS) is 11.2. The van der Waals surface area contributed by atoms with Crippen LogP contribution in [0.5, 0.6) is 0 Å². The number of benzene rings is 1. The fourth-order valence-electron chi connectivity index (χ4n) is 1.42. The molecule has 1 aromatic carbocycles. The molecule has 0 unspecified atom stereocenters. The summed E-state index contributed by atoms with van der Waals surface area (Å²) in [5.74, 6) is -1.23. The largest absolute Gasteiger partial charge is 0.308 e. The van der Waals surface area contributed by atoms with Crippen molar-refractivity contribution in [2.45, 2.75) is 26.4 Å². The summed E-state index contributed by atoms with van der Waals surface area (Å²) in [6.07, 6.45) is 0. The van der Waals surface area contributed by atoms with Crippen molar-refractivity contribution in [3.8, 4) is 10.6 Å². The molecule has 2 rings (SSSR count). The number of hydrogen-bond acceptors (Lipinski definition) is 4. The first-order valence-corrected chi connectivity index (χ1v) is 6.39. The van der Waals surface area contributed by atoms with Gasteiger partial charge in [-0.25, -0.2) is 8.78 Å². The van der Waals surface area contributed by atoms with Gasteiger partial charge in [0, 0.05) is 12.6 Å². The maximum Gasteiger partial charge on any atom is 0.153 e. The minimum atomic E-state index is -0.616. The molecule has 0 aliphatic heterocycles. The minimum Gasteiger partial charge on any atom is -0.308 e. The van der Waals surface area contributed by atoms with E-state index in [1.165, 1.54) is 29.5 Å².